The number of benzene rings is 1. The summed E-state index contributed by atoms with van der Waals surface area (Å²) in [5.41, 5.74) is 1.22. The molecule has 0 saturated heterocycles. The van der Waals surface area contributed by atoms with Crippen molar-refractivity contribution in [1.29, 1.82) is 0 Å². The molecule has 2 heteroatoms. The molecule has 0 bridgehead atoms. The third kappa shape index (κ3) is 6.44. The zero-order chi connectivity index (χ0) is 12.3. The maximum atomic E-state index is 5.83. The van der Waals surface area contributed by atoms with Crippen LogP contribution in [0.15, 0.2) is 30.3 Å². The molecule has 1 atom stereocenters. The van der Waals surface area contributed by atoms with Gasteiger partial charge in [0.2, 0.25) is 0 Å². The minimum absolute atomic E-state index is 0.215. The molecule has 0 unspecified atom stereocenters. The Morgan fingerprint density at radius 2 is 1.88 bits per heavy atom. The van der Waals surface area contributed by atoms with Crippen molar-refractivity contribution in [3.8, 4) is 0 Å². The highest BCUT2D eigenvalue weighted by atomic mass is 16.5. The van der Waals surface area contributed by atoms with E-state index in [0.29, 0.717) is 13.2 Å². The molecule has 0 N–H and O–H groups in total. The lowest BCUT2D eigenvalue weighted by Gasteiger charge is -2.16. The summed E-state index contributed by atoms with van der Waals surface area (Å²) in [6, 6.07) is 10.3. The van der Waals surface area contributed by atoms with Gasteiger partial charge in [-0.3, -0.25) is 0 Å². The lowest BCUT2D eigenvalue weighted by molar-refractivity contribution is -0.0267. The molecule has 0 aliphatic rings. The van der Waals surface area contributed by atoms with Crippen molar-refractivity contribution in [3.63, 3.8) is 0 Å². The maximum Gasteiger partial charge on any atom is 0.0810 e. The molecule has 0 aliphatic carbocycles. The van der Waals surface area contributed by atoms with Crippen LogP contribution in [0.5, 0.6) is 0 Å². The quantitative estimate of drug-likeness (QED) is 0.607. The second-order valence-corrected chi connectivity index (χ2v) is 4.26. The van der Waals surface area contributed by atoms with Gasteiger partial charge < -0.3 is 9.47 Å². The number of hydrogen-bond acceptors (Lipinski definition) is 2. The molecule has 0 radical (unpaired) electrons. The third-order valence-corrected chi connectivity index (χ3v) is 2.73. The highest BCUT2D eigenvalue weighted by Crippen LogP contribution is 2.06. The molecule has 0 amide bonds. The third-order valence-electron chi connectivity index (χ3n) is 2.73. The molecule has 0 spiro atoms. The summed E-state index contributed by atoms with van der Waals surface area (Å²) >= 11 is 0. The van der Waals surface area contributed by atoms with Gasteiger partial charge in [-0.1, -0.05) is 50.6 Å². The fraction of sp³-hybridized carbons (Fsp3) is 0.600. The van der Waals surface area contributed by atoms with Crippen LogP contribution in [0, 0.1) is 0 Å². The summed E-state index contributed by atoms with van der Waals surface area (Å²) in [5, 5.41) is 0. The van der Waals surface area contributed by atoms with Gasteiger partial charge in [0.05, 0.1) is 19.3 Å². The molecule has 0 saturated carbocycles. The van der Waals surface area contributed by atoms with Gasteiger partial charge in [-0.25, -0.2) is 0 Å². The summed E-state index contributed by atoms with van der Waals surface area (Å²) in [6.45, 7) is 6.55. The van der Waals surface area contributed by atoms with Gasteiger partial charge in [-0.15, -0.1) is 0 Å². The average molecular weight is 236 g/mol. The highest BCUT2D eigenvalue weighted by Gasteiger charge is 2.06. The first-order chi connectivity index (χ1) is 8.36. The van der Waals surface area contributed by atoms with E-state index in [1.54, 1.807) is 0 Å². The van der Waals surface area contributed by atoms with Crippen molar-refractivity contribution < 1.29 is 9.47 Å². The molecule has 0 heterocycles. The molecule has 96 valence electrons. The van der Waals surface area contributed by atoms with Gasteiger partial charge in [-0.2, -0.15) is 0 Å². The van der Waals surface area contributed by atoms with E-state index in [1.807, 2.05) is 18.2 Å². The summed E-state index contributed by atoms with van der Waals surface area (Å²) in [7, 11) is 0. The van der Waals surface area contributed by atoms with Gasteiger partial charge in [0.15, 0.2) is 0 Å². The first kappa shape index (κ1) is 14.2. The van der Waals surface area contributed by atoms with E-state index < -0.39 is 0 Å². The van der Waals surface area contributed by atoms with Gasteiger partial charge in [-0.05, 0) is 18.4 Å². The molecule has 1 aromatic rings. The Morgan fingerprint density at radius 3 is 2.53 bits per heavy atom. The van der Waals surface area contributed by atoms with Crippen LogP contribution < -0.4 is 0 Å². The van der Waals surface area contributed by atoms with Gasteiger partial charge >= 0.3 is 0 Å². The van der Waals surface area contributed by atoms with Crippen LogP contribution in [0.1, 0.15) is 38.7 Å². The van der Waals surface area contributed by atoms with Crippen LogP contribution >= 0.6 is 0 Å². The molecule has 1 aromatic carbocycles. The molecule has 0 aromatic heterocycles. The fourth-order valence-electron chi connectivity index (χ4n) is 1.53. The van der Waals surface area contributed by atoms with E-state index in [4.69, 9.17) is 9.47 Å². The smallest absolute Gasteiger partial charge is 0.0810 e. The number of rotatable bonds is 9. The topological polar surface area (TPSA) is 18.5 Å². The maximum absolute atomic E-state index is 5.83. The van der Waals surface area contributed by atoms with Crippen molar-refractivity contribution in [2.45, 2.75) is 45.8 Å². The largest absolute Gasteiger partial charge is 0.379 e. The van der Waals surface area contributed by atoms with Crippen LogP contribution in [0.4, 0.5) is 0 Å². The first-order valence-corrected chi connectivity index (χ1v) is 6.60. The van der Waals surface area contributed by atoms with E-state index in [-0.39, 0.29) is 6.10 Å². The zero-order valence-electron chi connectivity index (χ0n) is 11.0. The first-order valence-electron chi connectivity index (χ1n) is 6.60. The Balaban J connectivity index is 2.18. The van der Waals surface area contributed by atoms with Crippen molar-refractivity contribution in [3.05, 3.63) is 35.9 Å². The molecule has 0 fully saturated rings. The summed E-state index contributed by atoms with van der Waals surface area (Å²) in [5.74, 6) is 0. The standard InChI is InChI=1S/C15H24O2/c1-3-5-11-16-13-15(4-2)17-12-14-9-7-6-8-10-14/h6-10,15H,3-5,11-13H2,1-2H3/t15-/m1/s1. The van der Waals surface area contributed by atoms with Crippen LogP contribution in [0.3, 0.4) is 0 Å². The van der Waals surface area contributed by atoms with Crippen LogP contribution in [0.25, 0.3) is 0 Å². The van der Waals surface area contributed by atoms with E-state index in [0.717, 1.165) is 19.4 Å². The van der Waals surface area contributed by atoms with Crippen molar-refractivity contribution in [1.82, 2.24) is 0 Å². The van der Waals surface area contributed by atoms with E-state index in [2.05, 4.69) is 26.0 Å². The van der Waals surface area contributed by atoms with Gasteiger partial charge in [0.1, 0.15) is 0 Å². The van der Waals surface area contributed by atoms with E-state index >= 15 is 0 Å². The van der Waals surface area contributed by atoms with Gasteiger partial charge in [0.25, 0.3) is 0 Å². The molecule has 1 rings (SSSR count). The summed E-state index contributed by atoms with van der Waals surface area (Å²) < 4.78 is 11.4. The minimum Gasteiger partial charge on any atom is -0.379 e. The second-order valence-electron chi connectivity index (χ2n) is 4.26. The number of ether oxygens (including phenoxy) is 2. The molecule has 0 aliphatic heterocycles. The second kappa shape index (κ2) is 9.20. The Labute approximate surface area is 105 Å². The predicted octanol–water partition coefficient (Wildman–Crippen LogP) is 3.80. The zero-order valence-corrected chi connectivity index (χ0v) is 11.0. The fourth-order valence-corrected chi connectivity index (χ4v) is 1.53. The van der Waals surface area contributed by atoms with Gasteiger partial charge in [0, 0.05) is 6.61 Å². The van der Waals surface area contributed by atoms with Crippen molar-refractivity contribution in [2.24, 2.45) is 0 Å². The Morgan fingerprint density at radius 1 is 1.12 bits per heavy atom. The summed E-state index contributed by atoms with van der Waals surface area (Å²) in [6.07, 6.45) is 3.53. The molecular formula is C15H24O2. The average Bonchev–Trinajstić information content (AvgIpc) is 2.39. The lowest BCUT2D eigenvalue weighted by Crippen LogP contribution is -2.19. The Kier molecular flexibility index (Phi) is 7.69. The van der Waals surface area contributed by atoms with E-state index in [1.165, 1.54) is 12.0 Å². The number of hydrogen-bond donors (Lipinski definition) is 0. The van der Waals surface area contributed by atoms with Crippen LogP contribution in [-0.2, 0) is 16.1 Å². The van der Waals surface area contributed by atoms with E-state index in [9.17, 15) is 0 Å². The number of unbranched alkanes of at least 4 members (excludes halogenated alkanes) is 1. The van der Waals surface area contributed by atoms with Crippen LogP contribution in [0.2, 0.25) is 0 Å². The lowest BCUT2D eigenvalue weighted by atomic mass is 10.2. The molecular weight excluding hydrogens is 212 g/mol. The van der Waals surface area contributed by atoms with Crippen molar-refractivity contribution in [2.75, 3.05) is 13.2 Å². The molecule has 17 heavy (non-hydrogen) atoms. The highest BCUT2D eigenvalue weighted by molar-refractivity contribution is 5.13. The Bertz CT molecular complexity index is 272. The summed E-state index contributed by atoms with van der Waals surface area (Å²) in [4.78, 5) is 0. The van der Waals surface area contributed by atoms with Crippen LogP contribution in [-0.4, -0.2) is 19.3 Å². The minimum atomic E-state index is 0.215. The predicted molar refractivity (Wildman–Crippen MR) is 71.0 cm³/mol. The van der Waals surface area contributed by atoms with Crippen molar-refractivity contribution >= 4 is 0 Å². The molecule has 2 nitrogen and oxygen atoms in total. The normalized spacial score (nSPS) is 12.6. The monoisotopic (exact) mass is 236 g/mol. The Hall–Kier alpha value is -0.860. The SMILES string of the molecule is CCCCOC[C@@H](CC)OCc1ccccc1.